The molecule has 1 heterocycles. The predicted molar refractivity (Wildman–Crippen MR) is 178 cm³/mol. The monoisotopic (exact) mass is 642 g/mol. The lowest BCUT2D eigenvalue weighted by atomic mass is 9.94. The number of carboxylic acid groups (broad SMARTS) is 1. The van der Waals surface area contributed by atoms with E-state index in [9.17, 15) is 24.3 Å². The number of rotatable bonds is 15. The minimum absolute atomic E-state index is 0.0499. The molecule has 246 valence electrons. The maximum absolute atomic E-state index is 13.7. The van der Waals surface area contributed by atoms with Crippen molar-refractivity contribution in [2.75, 3.05) is 32.1 Å². The zero-order valence-electron chi connectivity index (χ0n) is 26.1. The van der Waals surface area contributed by atoms with Gasteiger partial charge in [-0.25, -0.2) is 14.6 Å². The number of aliphatic imine (C=N–C) groups is 1. The van der Waals surface area contributed by atoms with Crippen molar-refractivity contribution in [2.45, 2.75) is 32.1 Å². The van der Waals surface area contributed by atoms with E-state index in [-0.39, 0.29) is 34.8 Å². The first-order chi connectivity index (χ1) is 22.6. The van der Waals surface area contributed by atoms with Gasteiger partial charge < -0.3 is 36.7 Å². The summed E-state index contributed by atoms with van der Waals surface area (Å²) in [6, 6.07) is 12.2. The number of carboxylic acids is 1. The number of ether oxygens (including phenoxy) is 2. The summed E-state index contributed by atoms with van der Waals surface area (Å²) in [5, 5.41) is 15.6. The Morgan fingerprint density at radius 3 is 2.43 bits per heavy atom. The molecule has 13 heteroatoms. The first kappa shape index (κ1) is 34.3. The van der Waals surface area contributed by atoms with E-state index >= 15 is 0 Å². The summed E-state index contributed by atoms with van der Waals surface area (Å²) in [5.74, 6) is -1.70. The van der Waals surface area contributed by atoms with Crippen molar-refractivity contribution in [3.63, 3.8) is 0 Å². The average Bonchev–Trinajstić information content (AvgIpc) is 3.91. The highest BCUT2D eigenvalue weighted by molar-refractivity contribution is 6.11. The molecule has 1 fully saturated rings. The van der Waals surface area contributed by atoms with E-state index < -0.39 is 29.6 Å². The SMILES string of the molecule is C=Cc1cc(C(=O)Nc2ccc(C(N)=NC(=O)OCCCCCN)cc2)c(-c2ccc(C(=O)NCC3CC3)nc2C(=O)O)cc1OC. The van der Waals surface area contributed by atoms with Crippen molar-refractivity contribution >= 4 is 41.5 Å². The Hall–Kier alpha value is -5.56. The summed E-state index contributed by atoms with van der Waals surface area (Å²) in [7, 11) is 1.44. The number of benzene rings is 2. The lowest BCUT2D eigenvalue weighted by Crippen LogP contribution is -2.27. The van der Waals surface area contributed by atoms with E-state index in [1.54, 1.807) is 24.3 Å². The first-order valence-corrected chi connectivity index (χ1v) is 15.1. The van der Waals surface area contributed by atoms with Crippen LogP contribution in [-0.2, 0) is 4.74 Å². The molecule has 1 aliphatic rings. The van der Waals surface area contributed by atoms with Crippen LogP contribution >= 0.6 is 0 Å². The normalized spacial score (nSPS) is 12.6. The summed E-state index contributed by atoms with van der Waals surface area (Å²) in [5.41, 5.74) is 12.7. The number of aromatic carboxylic acids is 1. The van der Waals surface area contributed by atoms with Crippen LogP contribution in [0.2, 0.25) is 0 Å². The molecule has 3 aromatic rings. The second-order valence-corrected chi connectivity index (χ2v) is 10.9. The molecule has 13 nitrogen and oxygen atoms in total. The number of amidine groups is 1. The van der Waals surface area contributed by atoms with Crippen LogP contribution in [0, 0.1) is 5.92 Å². The second kappa shape index (κ2) is 16.1. The third kappa shape index (κ3) is 9.23. The number of nitrogens with one attached hydrogen (secondary N) is 2. The Morgan fingerprint density at radius 2 is 1.79 bits per heavy atom. The number of nitrogens with two attached hydrogens (primary N) is 2. The van der Waals surface area contributed by atoms with E-state index in [4.69, 9.17) is 20.9 Å². The van der Waals surface area contributed by atoms with Crippen LogP contribution in [-0.4, -0.2) is 66.6 Å². The molecule has 0 unspecified atom stereocenters. The highest BCUT2D eigenvalue weighted by atomic mass is 16.5. The molecular weight excluding hydrogens is 604 g/mol. The number of carbonyl (C=O) groups is 4. The van der Waals surface area contributed by atoms with Crippen LogP contribution in [0.1, 0.15) is 74.6 Å². The van der Waals surface area contributed by atoms with Gasteiger partial charge >= 0.3 is 12.1 Å². The molecule has 0 spiro atoms. The molecule has 1 saturated carbocycles. The van der Waals surface area contributed by atoms with E-state index in [1.807, 2.05) is 0 Å². The Bertz CT molecular complexity index is 1680. The number of anilines is 1. The Kier molecular flexibility index (Phi) is 11.8. The molecule has 0 atom stereocenters. The van der Waals surface area contributed by atoms with E-state index in [1.165, 1.54) is 37.5 Å². The molecule has 1 aliphatic carbocycles. The Morgan fingerprint density at radius 1 is 1.04 bits per heavy atom. The van der Waals surface area contributed by atoms with Gasteiger partial charge in [-0.1, -0.05) is 12.7 Å². The minimum Gasteiger partial charge on any atom is -0.496 e. The van der Waals surface area contributed by atoms with Gasteiger partial charge in [0.05, 0.1) is 13.7 Å². The van der Waals surface area contributed by atoms with Gasteiger partial charge in [-0.05, 0) is 93.1 Å². The molecular formula is C34H38N6O7. The molecule has 2 aromatic carbocycles. The van der Waals surface area contributed by atoms with Gasteiger partial charge in [0.25, 0.3) is 11.8 Å². The van der Waals surface area contributed by atoms with Gasteiger partial charge in [0.15, 0.2) is 5.69 Å². The molecule has 0 saturated heterocycles. The van der Waals surface area contributed by atoms with Gasteiger partial charge in [0, 0.05) is 40.0 Å². The smallest absolute Gasteiger partial charge is 0.435 e. The summed E-state index contributed by atoms with van der Waals surface area (Å²) in [4.78, 5) is 58.6. The summed E-state index contributed by atoms with van der Waals surface area (Å²) >= 11 is 0. The lowest BCUT2D eigenvalue weighted by molar-refractivity contribution is 0.0690. The third-order valence-electron chi connectivity index (χ3n) is 7.43. The number of carbonyl (C=O) groups excluding carboxylic acids is 3. The standard InChI is InChI=1S/C34H38N6O7/c1-3-21-17-26(31(41)38-23-11-9-22(10-12-23)30(36)40-34(45)47-16-6-4-5-15-35)25(18-28(21)46-2)24-13-14-27(39-29(24)33(43)44)32(42)37-19-20-7-8-20/h3,9-14,17-18,20H,1,4-8,15-16,19,35H2,2H3,(H,37,42)(H,38,41)(H,43,44)(H2,36,40,45). The number of pyridine rings is 1. The number of unbranched alkanes of at least 4 members (excludes halogenated alkanes) is 2. The maximum Gasteiger partial charge on any atom is 0.435 e. The fraction of sp³-hybridized carbons (Fsp3) is 0.294. The van der Waals surface area contributed by atoms with Crippen LogP contribution in [0.25, 0.3) is 17.2 Å². The molecule has 0 bridgehead atoms. The molecule has 1 aromatic heterocycles. The Labute approximate surface area is 272 Å². The topological polar surface area (TPSA) is 208 Å². The maximum atomic E-state index is 13.7. The number of aromatic nitrogens is 1. The zero-order valence-corrected chi connectivity index (χ0v) is 26.1. The molecule has 3 amide bonds. The molecule has 47 heavy (non-hydrogen) atoms. The number of hydrogen-bond donors (Lipinski definition) is 5. The van der Waals surface area contributed by atoms with Crippen LogP contribution in [0.3, 0.4) is 0 Å². The fourth-order valence-electron chi connectivity index (χ4n) is 4.66. The molecule has 0 radical (unpaired) electrons. The van der Waals surface area contributed by atoms with Gasteiger partial charge in [0.1, 0.15) is 17.3 Å². The van der Waals surface area contributed by atoms with Crippen LogP contribution in [0.4, 0.5) is 10.5 Å². The highest BCUT2D eigenvalue weighted by Gasteiger charge is 2.25. The van der Waals surface area contributed by atoms with Crippen molar-refractivity contribution in [2.24, 2.45) is 22.4 Å². The Balaban J connectivity index is 1.58. The minimum atomic E-state index is -1.37. The summed E-state index contributed by atoms with van der Waals surface area (Å²) in [6.45, 7) is 5.08. The highest BCUT2D eigenvalue weighted by Crippen LogP contribution is 2.34. The van der Waals surface area contributed by atoms with Gasteiger partial charge in [-0.15, -0.1) is 0 Å². The van der Waals surface area contributed by atoms with Crippen molar-refractivity contribution in [1.29, 1.82) is 0 Å². The van der Waals surface area contributed by atoms with Gasteiger partial charge in [0.2, 0.25) is 0 Å². The van der Waals surface area contributed by atoms with E-state index in [0.29, 0.717) is 48.0 Å². The van der Waals surface area contributed by atoms with Crippen LogP contribution in [0.5, 0.6) is 5.75 Å². The zero-order chi connectivity index (χ0) is 33.9. The molecule has 4 rings (SSSR count). The summed E-state index contributed by atoms with van der Waals surface area (Å²) < 4.78 is 10.5. The number of nitrogens with zero attached hydrogens (tertiary/aromatic N) is 2. The van der Waals surface area contributed by atoms with E-state index in [2.05, 4.69) is 27.2 Å². The van der Waals surface area contributed by atoms with Crippen molar-refractivity contribution in [3.8, 4) is 16.9 Å². The van der Waals surface area contributed by atoms with Crippen molar-refractivity contribution in [3.05, 3.63) is 83.2 Å². The van der Waals surface area contributed by atoms with Gasteiger partial charge in [-0.2, -0.15) is 4.99 Å². The molecule has 0 aliphatic heterocycles. The summed E-state index contributed by atoms with van der Waals surface area (Å²) in [6.07, 6.45) is 5.14. The largest absolute Gasteiger partial charge is 0.496 e. The number of methoxy groups -OCH3 is 1. The number of amides is 3. The van der Waals surface area contributed by atoms with Crippen LogP contribution in [0.15, 0.2) is 60.1 Å². The van der Waals surface area contributed by atoms with E-state index in [0.717, 1.165) is 25.7 Å². The van der Waals surface area contributed by atoms with Crippen molar-refractivity contribution in [1.82, 2.24) is 10.3 Å². The number of hydrogen-bond acceptors (Lipinski definition) is 8. The molecule has 7 N–H and O–H groups in total. The second-order valence-electron chi connectivity index (χ2n) is 10.9. The quantitative estimate of drug-likeness (QED) is 0.0893. The third-order valence-corrected chi connectivity index (χ3v) is 7.43. The lowest BCUT2D eigenvalue weighted by Gasteiger charge is -2.16. The van der Waals surface area contributed by atoms with Crippen molar-refractivity contribution < 1.29 is 33.8 Å². The fourth-order valence-corrected chi connectivity index (χ4v) is 4.66. The van der Waals surface area contributed by atoms with Gasteiger partial charge in [-0.3, -0.25) is 9.59 Å². The average molecular weight is 643 g/mol. The predicted octanol–water partition coefficient (Wildman–Crippen LogP) is 4.46. The first-order valence-electron chi connectivity index (χ1n) is 15.1. The van der Waals surface area contributed by atoms with Crippen LogP contribution < -0.4 is 26.8 Å².